The van der Waals surface area contributed by atoms with Crippen LogP contribution in [0.3, 0.4) is 0 Å². The van der Waals surface area contributed by atoms with Crippen LogP contribution >= 0.6 is 15.9 Å². The van der Waals surface area contributed by atoms with E-state index in [9.17, 15) is 0 Å². The average molecular weight is 319 g/mol. The maximum atomic E-state index is 9.09. The van der Waals surface area contributed by atoms with E-state index in [4.69, 9.17) is 15.7 Å². The lowest BCUT2D eigenvalue weighted by Crippen LogP contribution is -2.00. The van der Waals surface area contributed by atoms with Crippen molar-refractivity contribution in [2.45, 2.75) is 0 Å². The van der Waals surface area contributed by atoms with E-state index >= 15 is 0 Å². The molecule has 0 fully saturated rings. The van der Waals surface area contributed by atoms with Gasteiger partial charge in [0.15, 0.2) is 0 Å². The van der Waals surface area contributed by atoms with Crippen LogP contribution in [0.2, 0.25) is 0 Å². The van der Waals surface area contributed by atoms with Crippen molar-refractivity contribution in [1.82, 2.24) is 4.98 Å². The van der Waals surface area contributed by atoms with Gasteiger partial charge in [0.2, 0.25) is 5.88 Å². The summed E-state index contributed by atoms with van der Waals surface area (Å²) in [5, 5.41) is 12.2. The largest absolute Gasteiger partial charge is 0.479 e. The first-order chi connectivity index (χ1) is 9.13. The Labute approximate surface area is 119 Å². The van der Waals surface area contributed by atoms with Crippen LogP contribution < -0.4 is 15.8 Å². The van der Waals surface area contributed by atoms with Gasteiger partial charge in [0.05, 0.1) is 24.0 Å². The highest BCUT2D eigenvalue weighted by molar-refractivity contribution is 9.10. The van der Waals surface area contributed by atoms with E-state index < -0.39 is 0 Å². The van der Waals surface area contributed by atoms with Crippen molar-refractivity contribution in [2.75, 3.05) is 18.2 Å². The van der Waals surface area contributed by atoms with Gasteiger partial charge in [-0.25, -0.2) is 0 Å². The molecule has 2 rings (SSSR count). The van der Waals surface area contributed by atoms with Gasteiger partial charge >= 0.3 is 0 Å². The number of anilines is 3. The van der Waals surface area contributed by atoms with E-state index in [-0.39, 0.29) is 0 Å². The van der Waals surface area contributed by atoms with Crippen LogP contribution in [0.5, 0.6) is 5.88 Å². The van der Waals surface area contributed by atoms with Gasteiger partial charge in [0.25, 0.3) is 0 Å². The summed E-state index contributed by atoms with van der Waals surface area (Å²) >= 11 is 3.32. The molecule has 0 amide bonds. The molecule has 6 heteroatoms. The molecule has 3 N–H and O–H groups in total. The Hall–Kier alpha value is -2.26. The van der Waals surface area contributed by atoms with Gasteiger partial charge in [-0.1, -0.05) is 15.9 Å². The van der Waals surface area contributed by atoms with Gasteiger partial charge in [-0.2, -0.15) is 10.2 Å². The van der Waals surface area contributed by atoms with Gasteiger partial charge in [-0.3, -0.25) is 0 Å². The first kappa shape index (κ1) is 13.2. The standard InChI is InChI=1S/C13H11BrN4O/c1-19-13-10(16)3-5-12(18-13)17-11-4-2-9(14)6-8(11)7-15/h2-6H,16H2,1H3,(H,17,18). The second kappa shape index (κ2) is 5.59. The van der Waals surface area contributed by atoms with Crippen molar-refractivity contribution in [3.63, 3.8) is 0 Å². The number of pyridine rings is 1. The lowest BCUT2D eigenvalue weighted by atomic mass is 10.2. The highest BCUT2D eigenvalue weighted by atomic mass is 79.9. The second-order valence-electron chi connectivity index (χ2n) is 3.72. The molecule has 0 spiro atoms. The normalized spacial score (nSPS) is 9.74. The summed E-state index contributed by atoms with van der Waals surface area (Å²) in [6.07, 6.45) is 0. The number of hydrogen-bond acceptors (Lipinski definition) is 5. The van der Waals surface area contributed by atoms with E-state index in [0.29, 0.717) is 28.6 Å². The molecule has 0 bridgehead atoms. The number of nitriles is 1. The molecule has 0 saturated heterocycles. The minimum atomic E-state index is 0.348. The summed E-state index contributed by atoms with van der Waals surface area (Å²) in [6.45, 7) is 0. The summed E-state index contributed by atoms with van der Waals surface area (Å²) in [4.78, 5) is 4.20. The molecule has 19 heavy (non-hydrogen) atoms. The summed E-state index contributed by atoms with van der Waals surface area (Å²) in [7, 11) is 1.50. The van der Waals surface area contributed by atoms with Crippen LogP contribution in [0.1, 0.15) is 5.56 Å². The quantitative estimate of drug-likeness (QED) is 0.908. The highest BCUT2D eigenvalue weighted by Crippen LogP contribution is 2.26. The molecule has 2 aromatic rings. The van der Waals surface area contributed by atoms with Crippen molar-refractivity contribution < 1.29 is 4.74 Å². The second-order valence-corrected chi connectivity index (χ2v) is 4.64. The Morgan fingerprint density at radius 1 is 1.37 bits per heavy atom. The first-order valence-corrected chi connectivity index (χ1v) is 6.20. The number of nitrogens with zero attached hydrogens (tertiary/aromatic N) is 2. The molecule has 1 aromatic carbocycles. The minimum Gasteiger partial charge on any atom is -0.479 e. The number of nitrogens with one attached hydrogen (secondary N) is 1. The van der Waals surface area contributed by atoms with Crippen LogP contribution in [-0.2, 0) is 0 Å². The van der Waals surface area contributed by atoms with E-state index in [2.05, 4.69) is 32.3 Å². The molecular weight excluding hydrogens is 308 g/mol. The molecule has 1 aromatic heterocycles. The minimum absolute atomic E-state index is 0.348. The maximum absolute atomic E-state index is 9.09. The third-order valence-electron chi connectivity index (χ3n) is 2.45. The van der Waals surface area contributed by atoms with Gasteiger partial charge in [-0.05, 0) is 30.3 Å². The summed E-state index contributed by atoms with van der Waals surface area (Å²) in [6, 6.07) is 10.9. The Morgan fingerprint density at radius 3 is 2.84 bits per heavy atom. The molecule has 0 aliphatic carbocycles. The molecule has 1 heterocycles. The molecule has 0 unspecified atom stereocenters. The van der Waals surface area contributed by atoms with Crippen molar-refractivity contribution >= 4 is 33.1 Å². The highest BCUT2D eigenvalue weighted by Gasteiger charge is 2.06. The van der Waals surface area contributed by atoms with Gasteiger partial charge < -0.3 is 15.8 Å². The number of halogens is 1. The summed E-state index contributed by atoms with van der Waals surface area (Å²) in [5.41, 5.74) is 7.35. The number of benzene rings is 1. The van der Waals surface area contributed by atoms with Crippen molar-refractivity contribution in [1.29, 1.82) is 5.26 Å². The third-order valence-corrected chi connectivity index (χ3v) is 2.94. The van der Waals surface area contributed by atoms with Crippen LogP contribution in [0.4, 0.5) is 17.2 Å². The molecule has 0 atom stereocenters. The maximum Gasteiger partial charge on any atom is 0.238 e. The van der Waals surface area contributed by atoms with Crippen LogP contribution in [-0.4, -0.2) is 12.1 Å². The van der Waals surface area contributed by atoms with Crippen molar-refractivity contribution in [3.05, 3.63) is 40.4 Å². The van der Waals surface area contributed by atoms with Crippen molar-refractivity contribution in [3.8, 4) is 11.9 Å². The number of rotatable bonds is 3. The number of nitrogens with two attached hydrogens (primary N) is 1. The number of hydrogen-bond donors (Lipinski definition) is 2. The zero-order valence-electron chi connectivity index (χ0n) is 10.1. The summed E-state index contributed by atoms with van der Waals surface area (Å²) in [5.74, 6) is 0.908. The lowest BCUT2D eigenvalue weighted by molar-refractivity contribution is 0.401. The molecule has 96 valence electrons. The Morgan fingerprint density at radius 2 is 2.16 bits per heavy atom. The zero-order chi connectivity index (χ0) is 13.8. The fraction of sp³-hybridized carbons (Fsp3) is 0.0769. The lowest BCUT2D eigenvalue weighted by Gasteiger charge is -2.10. The van der Waals surface area contributed by atoms with E-state index in [1.54, 1.807) is 24.3 Å². The van der Waals surface area contributed by atoms with Crippen molar-refractivity contribution in [2.24, 2.45) is 0 Å². The number of nitrogen functional groups attached to an aromatic ring is 1. The molecule has 5 nitrogen and oxygen atoms in total. The Balaban J connectivity index is 2.34. The van der Waals surface area contributed by atoms with E-state index in [0.717, 1.165) is 4.47 Å². The number of methoxy groups -OCH3 is 1. The fourth-order valence-electron chi connectivity index (χ4n) is 1.54. The SMILES string of the molecule is COc1nc(Nc2ccc(Br)cc2C#N)ccc1N. The smallest absolute Gasteiger partial charge is 0.238 e. The van der Waals surface area contributed by atoms with E-state index in [1.165, 1.54) is 7.11 Å². The Kier molecular flexibility index (Phi) is 3.88. The molecule has 0 aliphatic heterocycles. The first-order valence-electron chi connectivity index (χ1n) is 5.41. The molecule has 0 radical (unpaired) electrons. The Bertz CT molecular complexity index is 652. The van der Waals surface area contributed by atoms with Crippen LogP contribution in [0, 0.1) is 11.3 Å². The predicted octanol–water partition coefficient (Wildman–Crippen LogP) is 3.05. The van der Waals surface area contributed by atoms with E-state index in [1.807, 2.05) is 6.07 Å². The molecular formula is C13H11BrN4O. The average Bonchev–Trinajstić information content (AvgIpc) is 2.42. The van der Waals surface area contributed by atoms with Crippen LogP contribution in [0.25, 0.3) is 0 Å². The van der Waals surface area contributed by atoms with Gasteiger partial charge in [-0.15, -0.1) is 0 Å². The predicted molar refractivity (Wildman–Crippen MR) is 77.3 cm³/mol. The van der Waals surface area contributed by atoms with Crippen LogP contribution in [0.15, 0.2) is 34.8 Å². The van der Waals surface area contributed by atoms with Gasteiger partial charge in [0.1, 0.15) is 11.9 Å². The number of aromatic nitrogens is 1. The third kappa shape index (κ3) is 2.95. The monoisotopic (exact) mass is 318 g/mol. The topological polar surface area (TPSA) is 84.0 Å². The zero-order valence-corrected chi connectivity index (χ0v) is 11.7. The van der Waals surface area contributed by atoms with Gasteiger partial charge in [0, 0.05) is 4.47 Å². The molecule has 0 saturated carbocycles. The summed E-state index contributed by atoms with van der Waals surface area (Å²) < 4.78 is 5.90. The number of ether oxygens (including phenoxy) is 1. The fourth-order valence-corrected chi connectivity index (χ4v) is 1.90. The molecule has 0 aliphatic rings.